The van der Waals surface area contributed by atoms with Crippen molar-refractivity contribution < 1.29 is 0 Å². The van der Waals surface area contributed by atoms with E-state index in [-0.39, 0.29) is 5.41 Å². The largest absolute Gasteiger partial charge is 0.140 e. The van der Waals surface area contributed by atoms with Gasteiger partial charge < -0.3 is 0 Å². The van der Waals surface area contributed by atoms with Crippen molar-refractivity contribution in [3.8, 4) is 11.1 Å². The molecule has 2 aliphatic carbocycles. The lowest BCUT2D eigenvalue weighted by Crippen LogP contribution is -2.28. The van der Waals surface area contributed by atoms with Gasteiger partial charge in [0.15, 0.2) is 0 Å². The van der Waals surface area contributed by atoms with E-state index in [1.165, 1.54) is 100 Å². The fraction of sp³-hybridized carbons (Fsp3) is 0.167. The van der Waals surface area contributed by atoms with E-state index < -0.39 is 0 Å². The number of thiophene rings is 1. The van der Waals surface area contributed by atoms with Crippen LogP contribution >= 0.6 is 11.3 Å². The van der Waals surface area contributed by atoms with Crippen molar-refractivity contribution in [3.05, 3.63) is 304 Å². The highest BCUT2D eigenvalue weighted by Crippen LogP contribution is 2.58. The Morgan fingerprint density at radius 3 is 1.71 bits per heavy atom. The third-order valence-electron chi connectivity index (χ3n) is 13.9. The van der Waals surface area contributed by atoms with Crippen LogP contribution < -0.4 is 0 Å². The number of aryl methyl sites for hydroxylation is 5. The minimum Gasteiger partial charge on any atom is -0.140 e. The normalized spacial score (nSPS) is 12.6. The maximum Gasteiger partial charge on any atom is 0.0713 e. The summed E-state index contributed by atoms with van der Waals surface area (Å²) in [5, 5.41) is 4.10. The molecule has 0 saturated heterocycles. The molecule has 0 nitrogen and oxygen atoms in total. The van der Waals surface area contributed by atoms with Crippen molar-refractivity contribution >= 4 is 49.9 Å². The van der Waals surface area contributed by atoms with Crippen molar-refractivity contribution in [3.63, 3.8) is 0 Å². The van der Waals surface area contributed by atoms with Crippen LogP contribution in [0, 0.1) is 33.6 Å². The van der Waals surface area contributed by atoms with Crippen LogP contribution in [-0.2, 0) is 11.8 Å². The van der Waals surface area contributed by atoms with Crippen molar-refractivity contribution in [2.45, 2.75) is 73.1 Å². The first kappa shape index (κ1) is 53.2. The summed E-state index contributed by atoms with van der Waals surface area (Å²) >= 11 is 1.98. The number of allylic oxidation sites excluding steroid dienone is 6. The van der Waals surface area contributed by atoms with Gasteiger partial charge in [0.1, 0.15) is 0 Å². The maximum absolute atomic E-state index is 4.19. The molecule has 73 heavy (non-hydrogen) atoms. The molecule has 0 bridgehead atoms. The summed E-state index contributed by atoms with van der Waals surface area (Å²) in [6.07, 6.45) is 15.5. The molecule has 0 radical (unpaired) electrons. The van der Waals surface area contributed by atoms with Crippen molar-refractivity contribution in [1.82, 2.24) is 0 Å². The van der Waals surface area contributed by atoms with Gasteiger partial charge in [0.05, 0.1) is 5.41 Å². The number of hydrogen-bond donors (Lipinski definition) is 0. The average Bonchev–Trinajstić information content (AvgIpc) is 3.94. The molecule has 0 spiro atoms. The highest BCUT2D eigenvalue weighted by Gasteiger charge is 2.47. The molecule has 0 atom stereocenters. The van der Waals surface area contributed by atoms with Gasteiger partial charge in [-0.25, -0.2) is 0 Å². The van der Waals surface area contributed by atoms with E-state index in [0.29, 0.717) is 5.92 Å². The molecule has 8 aromatic carbocycles. The van der Waals surface area contributed by atoms with Gasteiger partial charge in [0.25, 0.3) is 0 Å². The molecule has 0 amide bonds. The molecule has 1 heterocycles. The standard InChI is InChI=1S/C31H26.C15H16S.C11H10.C8H12.C7H8/c1-5-25-22(4)20-29-30(26(25)6-2)27-18-17-21(3)19-28(27)31(29,23-13-9-7-10-14-23)24-15-11-8-12-16-24;1-10(2)11-7-5-9-14-15(11)12-6-3-4-8-13(12)16-14;1-9-6-7-10-4-2-3-5-11(10)8-9;1-4-7-8(5-2)6-3;1-7-5-3-2-4-6-7/h5-20H,1-2H2,3-4H3;3-4,6-8,10H,5,9H2,1-2H3;2-8H,1H3;4-5,7H,1-2,6H2,3H3;2-6H,1H3/b;;;8-7+;. The van der Waals surface area contributed by atoms with Crippen LogP contribution in [0.3, 0.4) is 0 Å². The third-order valence-corrected chi connectivity index (χ3v) is 15.1. The lowest BCUT2D eigenvalue weighted by Gasteiger charge is -2.34. The molecule has 366 valence electrons. The van der Waals surface area contributed by atoms with Gasteiger partial charge in [-0.15, -0.1) is 11.3 Å². The van der Waals surface area contributed by atoms with Gasteiger partial charge >= 0.3 is 0 Å². The summed E-state index contributed by atoms with van der Waals surface area (Å²) in [6.45, 7) is 30.8. The third kappa shape index (κ3) is 11.9. The summed E-state index contributed by atoms with van der Waals surface area (Å²) in [5.74, 6) is 0.636. The van der Waals surface area contributed by atoms with Gasteiger partial charge in [-0.05, 0) is 136 Å². The van der Waals surface area contributed by atoms with E-state index in [0.717, 1.165) is 12.0 Å². The van der Waals surface area contributed by atoms with Crippen LogP contribution in [0.15, 0.2) is 238 Å². The Kier molecular flexibility index (Phi) is 18.4. The first-order valence-electron chi connectivity index (χ1n) is 25.8. The predicted octanol–water partition coefficient (Wildman–Crippen LogP) is 20.7. The van der Waals surface area contributed by atoms with Gasteiger partial charge in [-0.2, -0.15) is 0 Å². The molecular weight excluding hydrogens is 897 g/mol. The summed E-state index contributed by atoms with van der Waals surface area (Å²) in [5.41, 5.74) is 19.2. The van der Waals surface area contributed by atoms with Crippen LogP contribution in [0.4, 0.5) is 0 Å². The number of fused-ring (bicyclic) bond motifs is 7. The average molecular weight is 969 g/mol. The Balaban J connectivity index is 0.000000154. The molecule has 9 aromatic rings. The van der Waals surface area contributed by atoms with Crippen molar-refractivity contribution in [2.24, 2.45) is 5.92 Å². The lowest BCUT2D eigenvalue weighted by molar-refractivity contribution is 0.766. The predicted molar refractivity (Wildman–Crippen MR) is 325 cm³/mol. The molecule has 2 aliphatic rings. The minimum atomic E-state index is -0.374. The molecule has 0 saturated carbocycles. The summed E-state index contributed by atoms with van der Waals surface area (Å²) in [4.78, 5) is 1.59. The van der Waals surface area contributed by atoms with E-state index in [4.69, 9.17) is 0 Å². The maximum atomic E-state index is 4.19. The Morgan fingerprint density at radius 1 is 0.575 bits per heavy atom. The zero-order valence-corrected chi connectivity index (χ0v) is 45.0. The molecule has 0 aliphatic heterocycles. The zero-order valence-electron chi connectivity index (χ0n) is 44.2. The van der Waals surface area contributed by atoms with Crippen molar-refractivity contribution in [2.75, 3.05) is 0 Å². The van der Waals surface area contributed by atoms with E-state index >= 15 is 0 Å². The van der Waals surface area contributed by atoms with E-state index in [9.17, 15) is 0 Å². The van der Waals surface area contributed by atoms with Crippen LogP contribution in [0.2, 0.25) is 0 Å². The molecule has 0 fully saturated rings. The molecule has 1 aromatic heterocycles. The first-order chi connectivity index (χ1) is 35.5. The van der Waals surface area contributed by atoms with Crippen LogP contribution in [0.5, 0.6) is 0 Å². The van der Waals surface area contributed by atoms with Gasteiger partial charge in [-0.1, -0.05) is 276 Å². The van der Waals surface area contributed by atoms with Crippen LogP contribution in [0.25, 0.3) is 49.7 Å². The number of benzene rings is 8. The first-order valence-corrected chi connectivity index (χ1v) is 26.6. The highest BCUT2D eigenvalue weighted by atomic mass is 32.1. The van der Waals surface area contributed by atoms with Gasteiger partial charge in [0.2, 0.25) is 0 Å². The van der Waals surface area contributed by atoms with Gasteiger partial charge in [0, 0.05) is 15.0 Å². The second-order valence-corrected chi connectivity index (χ2v) is 20.3. The summed E-state index contributed by atoms with van der Waals surface area (Å²) in [7, 11) is 0. The van der Waals surface area contributed by atoms with Crippen molar-refractivity contribution in [1.29, 1.82) is 0 Å². The smallest absolute Gasteiger partial charge is 0.0713 e. The van der Waals surface area contributed by atoms with E-state index in [2.05, 4.69) is 245 Å². The molecule has 1 heteroatoms. The second-order valence-electron chi connectivity index (χ2n) is 19.2. The molecular formula is C72H72S. The fourth-order valence-electron chi connectivity index (χ4n) is 10.3. The quantitative estimate of drug-likeness (QED) is 0.133. The fourth-order valence-corrected chi connectivity index (χ4v) is 11.6. The van der Waals surface area contributed by atoms with Gasteiger partial charge in [-0.3, -0.25) is 0 Å². The van der Waals surface area contributed by atoms with Crippen LogP contribution in [-0.4, -0.2) is 0 Å². The Bertz CT molecular complexity index is 3350. The highest BCUT2D eigenvalue weighted by molar-refractivity contribution is 7.19. The minimum absolute atomic E-state index is 0.374. The zero-order chi connectivity index (χ0) is 51.9. The lowest BCUT2D eigenvalue weighted by atomic mass is 9.67. The Labute approximate surface area is 441 Å². The summed E-state index contributed by atoms with van der Waals surface area (Å²) in [6, 6.07) is 65.0. The number of rotatable bonds is 8. The SMILES string of the molecule is C=C/C=C(\C=C)CC.C=Cc1c(C)cc2c(c1C=C)-c1ccc(C)cc1C2(c1ccccc1)c1ccccc1.CC(C)C1=CCCc2sc3ccccc3c21.Cc1ccc2ccccc2c1.Cc1ccccc1. The second kappa shape index (κ2) is 25.2. The molecule has 0 unspecified atom stereocenters. The van der Waals surface area contributed by atoms with E-state index in [1.807, 2.05) is 53.8 Å². The molecule has 0 N–H and O–H groups in total. The topological polar surface area (TPSA) is 0 Å². The van der Waals surface area contributed by atoms with E-state index in [1.54, 1.807) is 22.1 Å². The monoisotopic (exact) mass is 969 g/mol. The summed E-state index contributed by atoms with van der Waals surface area (Å²) < 4.78 is 1.45. The molecule has 11 rings (SSSR count). The van der Waals surface area contributed by atoms with Crippen LogP contribution in [0.1, 0.15) is 99.7 Å². The number of hydrogen-bond acceptors (Lipinski definition) is 1. The Morgan fingerprint density at radius 2 is 1.15 bits per heavy atom. The Hall–Kier alpha value is -7.58.